The number of urea groups is 1. The van der Waals surface area contributed by atoms with E-state index in [1.165, 1.54) is 0 Å². The van der Waals surface area contributed by atoms with Crippen molar-refractivity contribution in [3.8, 4) is 0 Å². The molecule has 1 aliphatic heterocycles. The lowest BCUT2D eigenvalue weighted by Gasteiger charge is -2.27. The molecule has 2 amide bonds. The van der Waals surface area contributed by atoms with Crippen molar-refractivity contribution in [2.24, 2.45) is 0 Å². The molecule has 1 heterocycles. The highest BCUT2D eigenvalue weighted by molar-refractivity contribution is 5.83. The van der Waals surface area contributed by atoms with Crippen LogP contribution in [0, 0.1) is 0 Å². The van der Waals surface area contributed by atoms with Crippen LogP contribution in [0.15, 0.2) is 0 Å². The predicted octanol–water partition coefficient (Wildman–Crippen LogP) is 0.0143. The zero-order chi connectivity index (χ0) is 12.5. The summed E-state index contributed by atoms with van der Waals surface area (Å²) in [6.45, 7) is 5.51. The van der Waals surface area contributed by atoms with Crippen LogP contribution in [-0.2, 0) is 4.79 Å². The van der Waals surface area contributed by atoms with Gasteiger partial charge in [-0.2, -0.15) is 0 Å². The lowest BCUT2D eigenvalue weighted by Crippen LogP contribution is -2.51. The highest BCUT2D eigenvalue weighted by Gasteiger charge is 2.39. The zero-order valence-electron chi connectivity index (χ0n) is 9.73. The summed E-state index contributed by atoms with van der Waals surface area (Å²) >= 11 is 0. The summed E-state index contributed by atoms with van der Waals surface area (Å²) in [7, 11) is 0. The van der Waals surface area contributed by atoms with Gasteiger partial charge in [0, 0.05) is 18.5 Å². The minimum absolute atomic E-state index is 0.0683. The Labute approximate surface area is 94.2 Å². The molecule has 0 aromatic carbocycles. The maximum atomic E-state index is 11.8. The molecule has 6 nitrogen and oxygen atoms in total. The van der Waals surface area contributed by atoms with E-state index in [0.717, 1.165) is 4.90 Å². The minimum atomic E-state index is -1.08. The number of aliphatic hydroxyl groups is 1. The van der Waals surface area contributed by atoms with Gasteiger partial charge in [0.15, 0.2) is 0 Å². The smallest absolute Gasteiger partial charge is 0.326 e. The fraction of sp³-hybridized carbons (Fsp3) is 0.800. The van der Waals surface area contributed by atoms with Gasteiger partial charge in [0.05, 0.1) is 6.10 Å². The van der Waals surface area contributed by atoms with Crippen LogP contribution in [0.4, 0.5) is 4.79 Å². The lowest BCUT2D eigenvalue weighted by atomic mass is 10.1. The number of nitrogens with one attached hydrogen (secondary N) is 1. The summed E-state index contributed by atoms with van der Waals surface area (Å²) in [5.74, 6) is -1.08. The molecule has 6 heteroatoms. The van der Waals surface area contributed by atoms with E-state index in [0.29, 0.717) is 0 Å². The molecular formula is C10H18N2O4. The summed E-state index contributed by atoms with van der Waals surface area (Å²) in [6.07, 6.45) is -0.667. The number of aliphatic carboxylic acids is 1. The van der Waals surface area contributed by atoms with E-state index in [1.807, 2.05) is 20.8 Å². The molecular weight excluding hydrogens is 212 g/mol. The van der Waals surface area contributed by atoms with Gasteiger partial charge >= 0.3 is 12.0 Å². The second kappa shape index (κ2) is 4.29. The first-order valence-electron chi connectivity index (χ1n) is 5.20. The monoisotopic (exact) mass is 230 g/mol. The van der Waals surface area contributed by atoms with Crippen molar-refractivity contribution in [1.29, 1.82) is 0 Å². The van der Waals surface area contributed by atoms with Crippen LogP contribution in [0.1, 0.15) is 27.2 Å². The zero-order valence-corrected chi connectivity index (χ0v) is 9.73. The predicted molar refractivity (Wildman–Crippen MR) is 57.0 cm³/mol. The summed E-state index contributed by atoms with van der Waals surface area (Å²) < 4.78 is 0. The van der Waals surface area contributed by atoms with Gasteiger partial charge < -0.3 is 20.4 Å². The number of hydrogen-bond acceptors (Lipinski definition) is 3. The number of carboxylic acid groups (broad SMARTS) is 1. The Morgan fingerprint density at radius 3 is 2.38 bits per heavy atom. The normalized spacial score (nSPS) is 25.6. The molecule has 0 bridgehead atoms. The van der Waals surface area contributed by atoms with Crippen molar-refractivity contribution in [2.45, 2.75) is 44.9 Å². The molecule has 0 aliphatic carbocycles. The molecule has 0 spiro atoms. The Hall–Kier alpha value is -1.30. The number of hydrogen-bond donors (Lipinski definition) is 3. The third-order valence-electron chi connectivity index (χ3n) is 2.31. The number of β-amino-alcohol motifs (C(OH)–C–C–N with tert-alkyl or cyclic N) is 1. The van der Waals surface area contributed by atoms with E-state index >= 15 is 0 Å². The topological polar surface area (TPSA) is 89.9 Å². The van der Waals surface area contributed by atoms with E-state index < -0.39 is 29.7 Å². The molecule has 1 aliphatic rings. The Kier molecular flexibility index (Phi) is 3.42. The number of aliphatic hydroxyl groups excluding tert-OH is 1. The van der Waals surface area contributed by atoms with Crippen molar-refractivity contribution in [2.75, 3.05) is 6.54 Å². The molecule has 1 saturated heterocycles. The quantitative estimate of drug-likeness (QED) is 0.592. The summed E-state index contributed by atoms with van der Waals surface area (Å²) in [4.78, 5) is 23.8. The number of carboxylic acids is 1. The van der Waals surface area contributed by atoms with Crippen molar-refractivity contribution in [1.82, 2.24) is 10.2 Å². The molecule has 3 N–H and O–H groups in total. The molecule has 0 aromatic heterocycles. The summed E-state index contributed by atoms with van der Waals surface area (Å²) in [6, 6.07) is -1.38. The van der Waals surface area contributed by atoms with Gasteiger partial charge in [0.1, 0.15) is 6.04 Å². The Balaban J connectivity index is 2.71. The molecule has 0 radical (unpaired) electrons. The number of amides is 2. The maximum absolute atomic E-state index is 11.8. The van der Waals surface area contributed by atoms with E-state index in [-0.39, 0.29) is 13.0 Å². The van der Waals surface area contributed by atoms with E-state index in [2.05, 4.69) is 5.32 Å². The number of carbonyl (C=O) groups is 2. The van der Waals surface area contributed by atoms with E-state index in [1.54, 1.807) is 0 Å². The average molecular weight is 230 g/mol. The van der Waals surface area contributed by atoms with Crippen molar-refractivity contribution in [3.05, 3.63) is 0 Å². The van der Waals surface area contributed by atoms with Crippen LogP contribution < -0.4 is 5.32 Å². The maximum Gasteiger partial charge on any atom is 0.326 e. The van der Waals surface area contributed by atoms with Crippen LogP contribution in [0.5, 0.6) is 0 Å². The van der Waals surface area contributed by atoms with Crippen molar-refractivity contribution < 1.29 is 19.8 Å². The van der Waals surface area contributed by atoms with Gasteiger partial charge in [-0.05, 0) is 20.8 Å². The first-order chi connectivity index (χ1) is 7.20. The van der Waals surface area contributed by atoms with Crippen molar-refractivity contribution in [3.63, 3.8) is 0 Å². The second-order valence-corrected chi connectivity index (χ2v) is 5.08. The third kappa shape index (κ3) is 3.10. The average Bonchev–Trinajstić information content (AvgIpc) is 2.44. The molecule has 2 atom stereocenters. The fourth-order valence-electron chi connectivity index (χ4n) is 1.66. The van der Waals surface area contributed by atoms with E-state index in [9.17, 15) is 14.7 Å². The lowest BCUT2D eigenvalue weighted by molar-refractivity contribution is -0.141. The van der Waals surface area contributed by atoms with Crippen LogP contribution in [0.25, 0.3) is 0 Å². The highest BCUT2D eigenvalue weighted by atomic mass is 16.4. The van der Waals surface area contributed by atoms with Gasteiger partial charge in [0.25, 0.3) is 0 Å². The van der Waals surface area contributed by atoms with E-state index in [4.69, 9.17) is 5.11 Å². The number of likely N-dealkylation sites (tertiary alicyclic amines) is 1. The summed E-state index contributed by atoms with van der Waals surface area (Å²) in [5.41, 5.74) is -0.423. The van der Waals surface area contributed by atoms with Crippen LogP contribution in [0.2, 0.25) is 0 Å². The minimum Gasteiger partial charge on any atom is -0.480 e. The first kappa shape index (κ1) is 12.8. The van der Waals surface area contributed by atoms with Gasteiger partial charge in [-0.1, -0.05) is 0 Å². The van der Waals surface area contributed by atoms with Crippen LogP contribution in [-0.4, -0.2) is 51.3 Å². The SMILES string of the molecule is CC(C)(C)NC(=O)N1C[C@H](O)C[C@H]1C(=O)O. The molecule has 1 fully saturated rings. The molecule has 16 heavy (non-hydrogen) atoms. The van der Waals surface area contributed by atoms with Gasteiger partial charge in [-0.15, -0.1) is 0 Å². The second-order valence-electron chi connectivity index (χ2n) is 5.08. The third-order valence-corrected chi connectivity index (χ3v) is 2.31. The number of nitrogens with zero attached hydrogens (tertiary/aromatic N) is 1. The van der Waals surface area contributed by atoms with Gasteiger partial charge in [-0.25, -0.2) is 9.59 Å². The van der Waals surface area contributed by atoms with Crippen molar-refractivity contribution >= 4 is 12.0 Å². The first-order valence-corrected chi connectivity index (χ1v) is 5.20. The Morgan fingerprint density at radius 1 is 1.38 bits per heavy atom. The van der Waals surface area contributed by atoms with Gasteiger partial charge in [-0.3, -0.25) is 0 Å². The highest BCUT2D eigenvalue weighted by Crippen LogP contribution is 2.18. The molecule has 0 aromatic rings. The standard InChI is InChI=1S/C10H18N2O4/c1-10(2,3)11-9(16)12-5-6(13)4-7(12)8(14)15/h6-7,13H,4-5H2,1-3H3,(H,11,16)(H,14,15)/t6-,7+/m1/s1. The molecule has 92 valence electrons. The van der Waals surface area contributed by atoms with Gasteiger partial charge in [0.2, 0.25) is 0 Å². The molecule has 1 rings (SSSR count). The number of rotatable bonds is 1. The Morgan fingerprint density at radius 2 is 1.94 bits per heavy atom. The molecule has 0 unspecified atom stereocenters. The summed E-state index contributed by atoms with van der Waals surface area (Å²) in [5, 5.41) is 21.0. The van der Waals surface area contributed by atoms with Crippen LogP contribution >= 0.6 is 0 Å². The largest absolute Gasteiger partial charge is 0.480 e. The van der Waals surface area contributed by atoms with Crippen LogP contribution in [0.3, 0.4) is 0 Å². The molecule has 0 saturated carbocycles. The number of carbonyl (C=O) groups excluding carboxylic acids is 1. The Bertz CT molecular complexity index is 298. The fourth-order valence-corrected chi connectivity index (χ4v) is 1.66.